The highest BCUT2D eigenvalue weighted by Gasteiger charge is 2.28. The Morgan fingerprint density at radius 3 is 2.74 bits per heavy atom. The number of thioether (sulfide) groups is 1. The topological polar surface area (TPSA) is 84.7 Å². The summed E-state index contributed by atoms with van der Waals surface area (Å²) in [6.45, 7) is 5.54. The second-order valence-electron chi connectivity index (χ2n) is 9.40. The van der Waals surface area contributed by atoms with E-state index in [4.69, 9.17) is 9.72 Å². The number of aryl methyl sites for hydroxylation is 1. The maximum atomic E-state index is 14.0. The van der Waals surface area contributed by atoms with Crippen molar-refractivity contribution in [1.29, 1.82) is 0 Å². The second-order valence-corrected chi connectivity index (χ2v) is 11.4. The van der Waals surface area contributed by atoms with Crippen LogP contribution in [0.25, 0.3) is 15.9 Å². The van der Waals surface area contributed by atoms with E-state index < -0.39 is 0 Å². The minimum absolute atomic E-state index is 0.0254. The second kappa shape index (κ2) is 9.92. The first kappa shape index (κ1) is 24.7. The van der Waals surface area contributed by atoms with Crippen molar-refractivity contribution in [3.05, 3.63) is 74.9 Å². The van der Waals surface area contributed by atoms with Gasteiger partial charge in [0.25, 0.3) is 5.56 Å². The van der Waals surface area contributed by atoms with Gasteiger partial charge in [0.15, 0.2) is 5.16 Å². The molecule has 2 amide bonds. The normalized spacial score (nSPS) is 14.7. The lowest BCUT2D eigenvalue weighted by molar-refractivity contribution is -0.129. The van der Waals surface area contributed by atoms with E-state index in [1.807, 2.05) is 55.5 Å². The molecule has 194 valence electrons. The number of thiophene rings is 1. The molecule has 4 aromatic rings. The quantitative estimate of drug-likeness (QED) is 0.282. The van der Waals surface area contributed by atoms with Crippen LogP contribution in [0.2, 0.25) is 0 Å². The molecule has 2 aliphatic heterocycles. The minimum Gasteiger partial charge on any atom is -0.490 e. The molecule has 4 heterocycles. The third-order valence-corrected chi connectivity index (χ3v) is 8.94. The van der Waals surface area contributed by atoms with Crippen molar-refractivity contribution in [2.24, 2.45) is 0 Å². The standard InChI is InChI=1S/C28H26N4O4S2/c1-17-8-9-22-21(14-17)31(12-13-36-22)24(34)16-37-28-29-26-25(27(35)32(28)19-6-4-3-5-7-19)20-10-11-30(18(2)33)15-23(20)38-26/h3-9,14H,10-13,15-16H2,1-2H3. The van der Waals surface area contributed by atoms with E-state index in [0.717, 1.165) is 21.7 Å². The zero-order chi connectivity index (χ0) is 26.4. The van der Waals surface area contributed by atoms with Crippen LogP contribution in [0.15, 0.2) is 58.5 Å². The molecule has 10 heteroatoms. The molecule has 0 radical (unpaired) electrons. The molecule has 0 bridgehead atoms. The van der Waals surface area contributed by atoms with Gasteiger partial charge in [-0.3, -0.25) is 19.0 Å². The van der Waals surface area contributed by atoms with Gasteiger partial charge in [0, 0.05) is 18.3 Å². The zero-order valence-corrected chi connectivity index (χ0v) is 22.7. The van der Waals surface area contributed by atoms with Crippen LogP contribution in [0, 0.1) is 6.92 Å². The Morgan fingerprint density at radius 2 is 1.95 bits per heavy atom. The maximum Gasteiger partial charge on any atom is 0.267 e. The third-order valence-electron chi connectivity index (χ3n) is 6.91. The fraction of sp³-hybridized carbons (Fsp3) is 0.286. The fourth-order valence-corrected chi connectivity index (χ4v) is 7.15. The monoisotopic (exact) mass is 546 g/mol. The lowest BCUT2D eigenvalue weighted by atomic mass is 10.1. The van der Waals surface area contributed by atoms with Gasteiger partial charge in [-0.25, -0.2) is 4.98 Å². The van der Waals surface area contributed by atoms with Crippen molar-refractivity contribution >= 4 is 50.8 Å². The lowest BCUT2D eigenvalue weighted by Gasteiger charge is -2.29. The van der Waals surface area contributed by atoms with Crippen molar-refractivity contribution in [2.75, 3.05) is 30.3 Å². The summed E-state index contributed by atoms with van der Waals surface area (Å²) in [5.74, 6) is 0.783. The Hall–Kier alpha value is -3.63. The van der Waals surface area contributed by atoms with Crippen LogP contribution in [-0.4, -0.2) is 51.7 Å². The molecule has 38 heavy (non-hydrogen) atoms. The molecule has 0 fully saturated rings. The summed E-state index contributed by atoms with van der Waals surface area (Å²) in [4.78, 5) is 49.4. The molecule has 6 rings (SSSR count). The Bertz CT molecular complexity index is 1630. The first-order valence-electron chi connectivity index (χ1n) is 12.5. The summed E-state index contributed by atoms with van der Waals surface area (Å²) in [5, 5.41) is 1.09. The van der Waals surface area contributed by atoms with E-state index in [1.54, 1.807) is 21.3 Å². The van der Waals surface area contributed by atoms with E-state index in [1.165, 1.54) is 23.1 Å². The number of hydrogen-bond donors (Lipinski definition) is 0. The summed E-state index contributed by atoms with van der Waals surface area (Å²) < 4.78 is 7.36. The minimum atomic E-state index is -0.141. The molecule has 0 atom stereocenters. The maximum absolute atomic E-state index is 14.0. The largest absolute Gasteiger partial charge is 0.490 e. The highest BCUT2D eigenvalue weighted by Crippen LogP contribution is 2.36. The van der Waals surface area contributed by atoms with Gasteiger partial charge in [-0.15, -0.1) is 11.3 Å². The number of para-hydroxylation sites is 1. The van der Waals surface area contributed by atoms with Gasteiger partial charge in [-0.2, -0.15) is 0 Å². The molecule has 0 saturated heterocycles. The van der Waals surface area contributed by atoms with Crippen molar-refractivity contribution < 1.29 is 14.3 Å². The summed E-state index contributed by atoms with van der Waals surface area (Å²) in [6, 6.07) is 15.2. The molecular formula is C28H26N4O4S2. The number of ether oxygens (including phenoxy) is 1. The number of nitrogens with zero attached hydrogens (tertiary/aromatic N) is 4. The number of benzene rings is 2. The van der Waals surface area contributed by atoms with E-state index in [2.05, 4.69) is 0 Å². The molecule has 0 aliphatic carbocycles. The fourth-order valence-electron chi connectivity index (χ4n) is 4.99. The van der Waals surface area contributed by atoms with Crippen molar-refractivity contribution in [3.63, 3.8) is 0 Å². The van der Waals surface area contributed by atoms with Crippen LogP contribution in [-0.2, 0) is 22.6 Å². The molecular weight excluding hydrogens is 520 g/mol. The Morgan fingerprint density at radius 1 is 1.13 bits per heavy atom. The summed E-state index contributed by atoms with van der Waals surface area (Å²) in [5.41, 5.74) is 3.37. The molecule has 0 N–H and O–H groups in total. The molecule has 0 spiro atoms. The predicted octanol–water partition coefficient (Wildman–Crippen LogP) is 4.18. The number of fused-ring (bicyclic) bond motifs is 4. The highest BCUT2D eigenvalue weighted by atomic mass is 32.2. The molecule has 2 aromatic heterocycles. The van der Waals surface area contributed by atoms with Crippen molar-refractivity contribution in [2.45, 2.75) is 32.0 Å². The van der Waals surface area contributed by atoms with E-state index in [0.29, 0.717) is 59.5 Å². The van der Waals surface area contributed by atoms with Crippen molar-refractivity contribution in [1.82, 2.24) is 14.5 Å². The van der Waals surface area contributed by atoms with Gasteiger partial charge >= 0.3 is 0 Å². The number of rotatable bonds is 4. The highest BCUT2D eigenvalue weighted by molar-refractivity contribution is 7.99. The number of hydrogen-bond acceptors (Lipinski definition) is 7. The van der Waals surface area contributed by atoms with Gasteiger partial charge in [0.05, 0.1) is 35.6 Å². The van der Waals surface area contributed by atoms with Gasteiger partial charge in [-0.1, -0.05) is 36.0 Å². The lowest BCUT2D eigenvalue weighted by Crippen LogP contribution is -2.39. The van der Waals surface area contributed by atoms with Crippen LogP contribution in [0.1, 0.15) is 22.9 Å². The van der Waals surface area contributed by atoms with E-state index in [9.17, 15) is 14.4 Å². The van der Waals surface area contributed by atoms with Gasteiger partial charge in [0.1, 0.15) is 17.2 Å². The van der Waals surface area contributed by atoms with E-state index in [-0.39, 0.29) is 23.1 Å². The first-order chi connectivity index (χ1) is 18.4. The van der Waals surface area contributed by atoms with Crippen LogP contribution in [0.3, 0.4) is 0 Å². The molecule has 2 aliphatic rings. The predicted molar refractivity (Wildman–Crippen MR) is 150 cm³/mol. The van der Waals surface area contributed by atoms with Gasteiger partial charge in [-0.05, 0) is 48.7 Å². The van der Waals surface area contributed by atoms with Crippen LogP contribution >= 0.6 is 23.1 Å². The molecule has 2 aromatic carbocycles. The Labute approximate surface area is 227 Å². The van der Waals surface area contributed by atoms with Gasteiger partial charge in [0.2, 0.25) is 11.8 Å². The third kappa shape index (κ3) is 4.37. The average molecular weight is 547 g/mol. The smallest absolute Gasteiger partial charge is 0.267 e. The molecule has 0 unspecified atom stereocenters. The van der Waals surface area contributed by atoms with Gasteiger partial charge < -0.3 is 14.5 Å². The zero-order valence-electron chi connectivity index (χ0n) is 21.1. The average Bonchev–Trinajstić information content (AvgIpc) is 3.29. The summed E-state index contributed by atoms with van der Waals surface area (Å²) >= 11 is 2.73. The molecule has 0 saturated carbocycles. The van der Waals surface area contributed by atoms with Crippen LogP contribution in [0.5, 0.6) is 5.75 Å². The number of carbonyl (C=O) groups excluding carboxylic acids is 2. The Kier molecular flexibility index (Phi) is 6.45. The van der Waals surface area contributed by atoms with Crippen molar-refractivity contribution in [3.8, 4) is 11.4 Å². The number of anilines is 1. The number of amides is 2. The Balaban J connectivity index is 1.38. The van der Waals surface area contributed by atoms with Crippen LogP contribution in [0.4, 0.5) is 5.69 Å². The number of carbonyl (C=O) groups is 2. The SMILES string of the molecule is CC(=O)N1CCc2c(sc3nc(SCC(=O)N4CCOc5ccc(C)cc54)n(-c4ccccc4)c(=O)c23)C1. The first-order valence-corrected chi connectivity index (χ1v) is 14.3. The number of aromatic nitrogens is 2. The van der Waals surface area contributed by atoms with Crippen LogP contribution < -0.4 is 15.2 Å². The summed E-state index contributed by atoms with van der Waals surface area (Å²) in [7, 11) is 0. The molecule has 8 nitrogen and oxygen atoms in total. The van der Waals surface area contributed by atoms with E-state index >= 15 is 0 Å². The summed E-state index contributed by atoms with van der Waals surface area (Å²) in [6.07, 6.45) is 0.626.